The quantitative estimate of drug-likeness (QED) is 0.701. The highest BCUT2D eigenvalue weighted by molar-refractivity contribution is 5.35. The van der Waals surface area contributed by atoms with Crippen LogP contribution in [0.15, 0.2) is 41.3 Å². The van der Waals surface area contributed by atoms with Gasteiger partial charge >= 0.3 is 0 Å². The minimum atomic E-state index is -0.828. The van der Waals surface area contributed by atoms with Crippen molar-refractivity contribution in [2.75, 3.05) is 5.32 Å². The highest BCUT2D eigenvalue weighted by Crippen LogP contribution is 2.17. The van der Waals surface area contributed by atoms with Crippen molar-refractivity contribution in [1.82, 2.24) is 19.9 Å². The van der Waals surface area contributed by atoms with E-state index in [1.165, 1.54) is 0 Å². The molecule has 7 nitrogen and oxygen atoms in total. The number of aromatic nitrogens is 4. The molecule has 0 aliphatic heterocycles. The topological polar surface area (TPSA) is 89.0 Å². The maximum atomic E-state index is 10.1. The predicted molar refractivity (Wildman–Crippen MR) is 80.1 cm³/mol. The Hall–Kier alpha value is -2.67. The number of hydrogen-bond acceptors (Lipinski definition) is 6. The summed E-state index contributed by atoms with van der Waals surface area (Å²) in [6.07, 6.45) is 4.28. The fourth-order valence-corrected chi connectivity index (χ4v) is 2.19. The van der Waals surface area contributed by atoms with Gasteiger partial charge in [0.25, 0.3) is 0 Å². The third-order valence-corrected chi connectivity index (χ3v) is 3.45. The van der Waals surface area contributed by atoms with Crippen molar-refractivity contribution in [3.63, 3.8) is 0 Å². The Kier molecular flexibility index (Phi) is 3.88. The molecular formula is C15H17N5O2. The minimum Gasteiger partial charge on any atom is -0.369 e. The molecule has 3 heterocycles. The van der Waals surface area contributed by atoms with E-state index in [0.29, 0.717) is 12.4 Å². The molecule has 2 N–H and O–H groups in total. The number of aryl methyl sites for hydroxylation is 2. The molecule has 1 unspecified atom stereocenters. The lowest BCUT2D eigenvalue weighted by molar-refractivity contribution is 0.207. The van der Waals surface area contributed by atoms with Crippen molar-refractivity contribution in [3.8, 4) is 0 Å². The first kappa shape index (κ1) is 14.3. The molecule has 0 fully saturated rings. The van der Waals surface area contributed by atoms with Gasteiger partial charge in [-0.15, -0.1) is 0 Å². The first-order chi connectivity index (χ1) is 10.6. The Morgan fingerprint density at radius 1 is 1.27 bits per heavy atom. The van der Waals surface area contributed by atoms with E-state index in [4.69, 9.17) is 4.52 Å². The number of nitrogens with zero attached hydrogens (tertiary/aromatic N) is 4. The van der Waals surface area contributed by atoms with E-state index in [2.05, 4.69) is 20.6 Å². The number of anilines is 1. The molecule has 0 saturated heterocycles. The maximum absolute atomic E-state index is 10.1. The minimum absolute atomic E-state index is 0.578. The van der Waals surface area contributed by atoms with E-state index in [1.807, 2.05) is 26.1 Å². The molecule has 22 heavy (non-hydrogen) atoms. The second kappa shape index (κ2) is 5.98. The van der Waals surface area contributed by atoms with E-state index in [0.717, 1.165) is 22.6 Å². The van der Waals surface area contributed by atoms with Crippen molar-refractivity contribution >= 4 is 5.82 Å². The van der Waals surface area contributed by atoms with Crippen molar-refractivity contribution in [2.24, 2.45) is 0 Å². The van der Waals surface area contributed by atoms with Crippen molar-refractivity contribution in [1.29, 1.82) is 0 Å². The SMILES string of the molecule is Cc1noc(C)c1Cn1ccc(NC(O)c2ccncc2)n1. The van der Waals surface area contributed by atoms with E-state index in [9.17, 15) is 5.11 Å². The van der Waals surface area contributed by atoms with Crippen LogP contribution >= 0.6 is 0 Å². The van der Waals surface area contributed by atoms with Crippen molar-refractivity contribution < 1.29 is 9.63 Å². The van der Waals surface area contributed by atoms with Gasteiger partial charge in [-0.25, -0.2) is 0 Å². The van der Waals surface area contributed by atoms with Crippen LogP contribution in [0.25, 0.3) is 0 Å². The zero-order valence-electron chi connectivity index (χ0n) is 12.4. The lowest BCUT2D eigenvalue weighted by Gasteiger charge is -2.11. The second-order valence-corrected chi connectivity index (χ2v) is 5.03. The van der Waals surface area contributed by atoms with Gasteiger partial charge in [-0.05, 0) is 26.0 Å². The van der Waals surface area contributed by atoms with Gasteiger partial charge in [0.2, 0.25) is 0 Å². The molecule has 0 amide bonds. The third kappa shape index (κ3) is 2.99. The van der Waals surface area contributed by atoms with E-state index in [-0.39, 0.29) is 0 Å². The molecule has 3 aromatic rings. The molecule has 0 aromatic carbocycles. The lowest BCUT2D eigenvalue weighted by atomic mass is 10.2. The van der Waals surface area contributed by atoms with Gasteiger partial charge in [0.1, 0.15) is 11.6 Å². The first-order valence-corrected chi connectivity index (χ1v) is 6.93. The van der Waals surface area contributed by atoms with E-state index < -0.39 is 6.23 Å². The molecule has 7 heteroatoms. The van der Waals surface area contributed by atoms with Gasteiger partial charge in [0.05, 0.1) is 12.2 Å². The van der Waals surface area contributed by atoms with Crippen LogP contribution in [0.4, 0.5) is 5.82 Å². The van der Waals surface area contributed by atoms with Crippen LogP contribution in [0, 0.1) is 13.8 Å². The Morgan fingerprint density at radius 3 is 2.73 bits per heavy atom. The predicted octanol–water partition coefficient (Wildman–Crippen LogP) is 2.03. The Bertz CT molecular complexity index is 731. The van der Waals surface area contributed by atoms with Crippen LogP contribution in [0.3, 0.4) is 0 Å². The molecule has 1 atom stereocenters. The smallest absolute Gasteiger partial charge is 0.152 e. The van der Waals surface area contributed by atoms with E-state index in [1.54, 1.807) is 29.2 Å². The number of rotatable bonds is 5. The Labute approximate surface area is 127 Å². The van der Waals surface area contributed by atoms with Crippen LogP contribution < -0.4 is 5.32 Å². The molecule has 0 spiro atoms. The van der Waals surface area contributed by atoms with Crippen LogP contribution in [0.5, 0.6) is 0 Å². The summed E-state index contributed by atoms with van der Waals surface area (Å²) in [6.45, 7) is 4.36. The second-order valence-electron chi connectivity index (χ2n) is 5.03. The zero-order chi connectivity index (χ0) is 15.5. The molecular weight excluding hydrogens is 282 g/mol. The summed E-state index contributed by atoms with van der Waals surface area (Å²) in [5.41, 5.74) is 2.61. The van der Waals surface area contributed by atoms with Gasteiger partial charge in [-0.2, -0.15) is 5.10 Å². The zero-order valence-corrected chi connectivity index (χ0v) is 12.4. The highest BCUT2D eigenvalue weighted by atomic mass is 16.5. The van der Waals surface area contributed by atoms with Crippen LogP contribution in [-0.4, -0.2) is 25.0 Å². The summed E-state index contributed by atoms with van der Waals surface area (Å²) in [6, 6.07) is 5.31. The number of aliphatic hydroxyl groups is 1. The van der Waals surface area contributed by atoms with Gasteiger partial charge in [0, 0.05) is 35.8 Å². The number of pyridine rings is 1. The van der Waals surface area contributed by atoms with Crippen LogP contribution in [0.1, 0.15) is 28.8 Å². The van der Waals surface area contributed by atoms with Gasteiger partial charge in [0.15, 0.2) is 6.23 Å². The fourth-order valence-electron chi connectivity index (χ4n) is 2.19. The summed E-state index contributed by atoms with van der Waals surface area (Å²) >= 11 is 0. The Balaban J connectivity index is 1.69. The summed E-state index contributed by atoms with van der Waals surface area (Å²) in [5.74, 6) is 1.38. The van der Waals surface area contributed by atoms with Gasteiger partial charge < -0.3 is 14.9 Å². The fraction of sp³-hybridized carbons (Fsp3) is 0.267. The van der Waals surface area contributed by atoms with Gasteiger partial charge in [-0.3, -0.25) is 9.67 Å². The molecule has 0 bridgehead atoms. The molecule has 0 saturated carbocycles. The maximum Gasteiger partial charge on any atom is 0.152 e. The van der Waals surface area contributed by atoms with E-state index >= 15 is 0 Å². The lowest BCUT2D eigenvalue weighted by Crippen LogP contribution is -2.11. The largest absolute Gasteiger partial charge is 0.369 e. The number of nitrogens with one attached hydrogen (secondary N) is 1. The number of aliphatic hydroxyl groups excluding tert-OH is 1. The summed E-state index contributed by atoms with van der Waals surface area (Å²) in [4.78, 5) is 3.92. The normalized spacial score (nSPS) is 12.3. The van der Waals surface area contributed by atoms with Crippen molar-refractivity contribution in [3.05, 3.63) is 59.4 Å². The molecule has 0 aliphatic rings. The summed E-state index contributed by atoms with van der Waals surface area (Å²) < 4.78 is 6.92. The number of hydrogen-bond donors (Lipinski definition) is 2. The standard InChI is InChI=1S/C15H17N5O2/c1-10-13(11(2)22-19-10)9-20-8-5-14(18-20)17-15(21)12-3-6-16-7-4-12/h3-8,15,21H,9H2,1-2H3,(H,17,18). The molecule has 114 valence electrons. The molecule has 0 radical (unpaired) electrons. The summed E-state index contributed by atoms with van der Waals surface area (Å²) in [5, 5.41) is 21.4. The third-order valence-electron chi connectivity index (χ3n) is 3.45. The molecule has 0 aliphatic carbocycles. The average molecular weight is 299 g/mol. The van der Waals surface area contributed by atoms with Crippen LogP contribution in [0.2, 0.25) is 0 Å². The van der Waals surface area contributed by atoms with Crippen molar-refractivity contribution in [2.45, 2.75) is 26.6 Å². The molecule has 3 rings (SSSR count). The Morgan fingerprint density at radius 2 is 2.05 bits per heavy atom. The monoisotopic (exact) mass is 299 g/mol. The summed E-state index contributed by atoms with van der Waals surface area (Å²) in [7, 11) is 0. The average Bonchev–Trinajstić information content (AvgIpc) is 3.10. The molecule has 3 aromatic heterocycles. The first-order valence-electron chi connectivity index (χ1n) is 6.93. The van der Waals surface area contributed by atoms with Gasteiger partial charge in [-0.1, -0.05) is 5.16 Å². The highest BCUT2D eigenvalue weighted by Gasteiger charge is 2.12. The van der Waals surface area contributed by atoms with Crippen LogP contribution in [-0.2, 0) is 6.54 Å².